The molecule has 0 aliphatic carbocycles. The van der Waals surface area contributed by atoms with Crippen molar-refractivity contribution in [2.75, 3.05) is 26.4 Å². The third-order valence-electron chi connectivity index (χ3n) is 1.24. The van der Waals surface area contributed by atoms with Crippen LogP contribution in [-0.2, 0) is 19.1 Å². The fourth-order valence-corrected chi connectivity index (χ4v) is 0.548. The molecule has 14 heavy (non-hydrogen) atoms. The van der Waals surface area contributed by atoms with Gasteiger partial charge in [0.15, 0.2) is 0 Å². The molecule has 0 aromatic carbocycles. The molecule has 0 unspecified atom stereocenters. The molecule has 0 radical (unpaired) electrons. The summed E-state index contributed by atoms with van der Waals surface area (Å²) in [5, 5.41) is 8.33. The molecule has 6 nitrogen and oxygen atoms in total. The molecule has 1 amide bonds. The van der Waals surface area contributed by atoms with Crippen molar-refractivity contribution in [2.24, 2.45) is 5.73 Å². The second-order valence-electron chi connectivity index (χ2n) is 2.31. The lowest BCUT2D eigenvalue weighted by Gasteiger charge is -2.04. The van der Waals surface area contributed by atoms with Gasteiger partial charge in [-0.3, -0.25) is 4.79 Å². The van der Waals surface area contributed by atoms with Crippen LogP contribution in [0.2, 0.25) is 0 Å². The zero-order valence-corrected chi connectivity index (χ0v) is 7.69. The Labute approximate surface area is 81.3 Å². The maximum absolute atomic E-state index is 10.9. The van der Waals surface area contributed by atoms with Crippen molar-refractivity contribution in [3.8, 4) is 0 Å². The average molecular weight is 203 g/mol. The molecule has 0 bridgehead atoms. The summed E-state index contributed by atoms with van der Waals surface area (Å²) in [6, 6.07) is 0. The van der Waals surface area contributed by atoms with Crippen LogP contribution in [0.5, 0.6) is 0 Å². The first kappa shape index (κ1) is 12.6. The molecule has 0 saturated carbocycles. The minimum Gasteiger partial charge on any atom is -0.460 e. The van der Waals surface area contributed by atoms with E-state index in [0.717, 1.165) is 0 Å². The van der Waals surface area contributed by atoms with E-state index >= 15 is 0 Å². The summed E-state index contributed by atoms with van der Waals surface area (Å²) in [4.78, 5) is 21.3. The highest BCUT2D eigenvalue weighted by molar-refractivity contribution is 6.15. The molecule has 0 aliphatic heterocycles. The van der Waals surface area contributed by atoms with Gasteiger partial charge >= 0.3 is 5.97 Å². The van der Waals surface area contributed by atoms with Gasteiger partial charge in [-0.2, -0.15) is 0 Å². The van der Waals surface area contributed by atoms with Crippen molar-refractivity contribution < 1.29 is 24.2 Å². The lowest BCUT2D eigenvalue weighted by Crippen LogP contribution is -2.22. The highest BCUT2D eigenvalue weighted by atomic mass is 16.6. The summed E-state index contributed by atoms with van der Waals surface area (Å²) in [7, 11) is 0. The van der Waals surface area contributed by atoms with Gasteiger partial charge in [-0.05, 0) is 0 Å². The molecular weight excluding hydrogens is 190 g/mol. The molecule has 0 aromatic heterocycles. The number of nitrogens with two attached hydrogens (primary N) is 1. The molecule has 0 rings (SSSR count). The van der Waals surface area contributed by atoms with Crippen LogP contribution >= 0.6 is 0 Å². The zero-order chi connectivity index (χ0) is 11.0. The van der Waals surface area contributed by atoms with Crippen molar-refractivity contribution in [3.05, 3.63) is 12.2 Å². The van der Waals surface area contributed by atoms with Crippen molar-refractivity contribution >= 4 is 11.9 Å². The van der Waals surface area contributed by atoms with Crippen molar-refractivity contribution in [1.82, 2.24) is 0 Å². The number of carbonyl (C=O) groups is 2. The van der Waals surface area contributed by atoms with E-state index in [4.69, 9.17) is 15.6 Å². The lowest BCUT2D eigenvalue weighted by atomic mass is 10.3. The van der Waals surface area contributed by atoms with E-state index in [2.05, 4.69) is 11.3 Å². The summed E-state index contributed by atoms with van der Waals surface area (Å²) in [6.07, 6.45) is 0. The van der Waals surface area contributed by atoms with Gasteiger partial charge in [-0.25, -0.2) is 4.79 Å². The standard InChI is InChI=1S/C8H13NO5/c1-6(7(9)11)8(12)14-5-4-13-3-2-10/h10H,1-5H2,(H2,9,11). The van der Waals surface area contributed by atoms with Crippen LogP contribution in [0.3, 0.4) is 0 Å². The highest BCUT2D eigenvalue weighted by Crippen LogP contribution is 1.92. The largest absolute Gasteiger partial charge is 0.460 e. The zero-order valence-electron chi connectivity index (χ0n) is 7.69. The smallest absolute Gasteiger partial charge is 0.343 e. The summed E-state index contributed by atoms with van der Waals surface area (Å²) in [5.74, 6) is -1.77. The van der Waals surface area contributed by atoms with E-state index < -0.39 is 17.4 Å². The molecule has 0 aromatic rings. The first-order valence-electron chi connectivity index (χ1n) is 3.94. The van der Waals surface area contributed by atoms with Gasteiger partial charge in [-0.15, -0.1) is 0 Å². The Morgan fingerprint density at radius 2 is 1.93 bits per heavy atom. The third kappa shape index (κ3) is 5.28. The summed E-state index contributed by atoms with van der Waals surface area (Å²) < 4.78 is 9.37. The van der Waals surface area contributed by atoms with Crippen LogP contribution in [0.25, 0.3) is 0 Å². The number of amides is 1. The van der Waals surface area contributed by atoms with Crippen molar-refractivity contribution in [1.29, 1.82) is 0 Å². The van der Waals surface area contributed by atoms with E-state index in [9.17, 15) is 9.59 Å². The molecule has 3 N–H and O–H groups in total. The fourth-order valence-electron chi connectivity index (χ4n) is 0.548. The molecule has 0 saturated heterocycles. The number of rotatable bonds is 7. The number of hydrogen-bond acceptors (Lipinski definition) is 5. The van der Waals surface area contributed by atoms with Gasteiger partial charge in [0.1, 0.15) is 12.2 Å². The number of aliphatic hydroxyl groups excluding tert-OH is 1. The van der Waals surface area contributed by atoms with E-state index in [1.807, 2.05) is 0 Å². The van der Waals surface area contributed by atoms with Crippen molar-refractivity contribution in [2.45, 2.75) is 0 Å². The number of esters is 1. The second-order valence-corrected chi connectivity index (χ2v) is 2.31. The van der Waals surface area contributed by atoms with Gasteiger partial charge in [0.2, 0.25) is 0 Å². The molecular formula is C8H13NO5. The number of primary amides is 1. The van der Waals surface area contributed by atoms with Crippen LogP contribution in [-0.4, -0.2) is 43.4 Å². The molecule has 0 spiro atoms. The van der Waals surface area contributed by atoms with E-state index in [1.54, 1.807) is 0 Å². The van der Waals surface area contributed by atoms with E-state index in [1.165, 1.54) is 0 Å². The lowest BCUT2D eigenvalue weighted by molar-refractivity contribution is -0.141. The number of hydrogen-bond donors (Lipinski definition) is 2. The van der Waals surface area contributed by atoms with Crippen LogP contribution in [0, 0.1) is 0 Å². The predicted molar refractivity (Wildman–Crippen MR) is 47.2 cm³/mol. The second kappa shape index (κ2) is 7.05. The fraction of sp³-hybridized carbons (Fsp3) is 0.500. The SMILES string of the molecule is C=C(C(N)=O)C(=O)OCCOCCO. The van der Waals surface area contributed by atoms with Crippen LogP contribution in [0.1, 0.15) is 0 Å². The maximum Gasteiger partial charge on any atom is 0.343 e. The van der Waals surface area contributed by atoms with Crippen LogP contribution in [0.15, 0.2) is 12.2 Å². The molecule has 6 heteroatoms. The Bertz CT molecular complexity index is 226. The molecule has 0 fully saturated rings. The van der Waals surface area contributed by atoms with E-state index in [0.29, 0.717) is 0 Å². The monoisotopic (exact) mass is 203 g/mol. The summed E-state index contributed by atoms with van der Waals surface area (Å²) >= 11 is 0. The number of aliphatic hydroxyl groups is 1. The number of carbonyl (C=O) groups excluding carboxylic acids is 2. The van der Waals surface area contributed by atoms with Gasteiger partial charge in [0.25, 0.3) is 5.91 Å². The Kier molecular flexibility index (Phi) is 6.34. The highest BCUT2D eigenvalue weighted by Gasteiger charge is 2.13. The average Bonchev–Trinajstić information content (AvgIpc) is 2.16. The van der Waals surface area contributed by atoms with E-state index in [-0.39, 0.29) is 26.4 Å². The summed E-state index contributed by atoms with van der Waals surface area (Å²) in [5.41, 5.74) is 4.39. The topological polar surface area (TPSA) is 98.9 Å². The minimum absolute atomic E-state index is 0.00880. The molecule has 0 atom stereocenters. The first-order valence-corrected chi connectivity index (χ1v) is 3.94. The molecule has 0 heterocycles. The number of ether oxygens (including phenoxy) is 2. The van der Waals surface area contributed by atoms with Gasteiger partial charge in [0, 0.05) is 0 Å². The van der Waals surface area contributed by atoms with Gasteiger partial charge in [-0.1, -0.05) is 6.58 Å². The normalized spacial score (nSPS) is 9.50. The first-order chi connectivity index (χ1) is 6.59. The minimum atomic E-state index is -0.911. The molecule has 80 valence electrons. The third-order valence-corrected chi connectivity index (χ3v) is 1.24. The Hall–Kier alpha value is -1.40. The van der Waals surface area contributed by atoms with Gasteiger partial charge in [0.05, 0.1) is 19.8 Å². The maximum atomic E-state index is 10.9. The Morgan fingerprint density at radius 1 is 1.29 bits per heavy atom. The summed E-state index contributed by atoms with van der Waals surface area (Å²) in [6.45, 7) is 3.36. The Morgan fingerprint density at radius 3 is 2.43 bits per heavy atom. The van der Waals surface area contributed by atoms with Gasteiger partial charge < -0.3 is 20.3 Å². The van der Waals surface area contributed by atoms with Crippen LogP contribution in [0.4, 0.5) is 0 Å². The predicted octanol–water partition coefficient (Wildman–Crippen LogP) is -1.42. The van der Waals surface area contributed by atoms with Crippen molar-refractivity contribution in [3.63, 3.8) is 0 Å². The van der Waals surface area contributed by atoms with Crippen LogP contribution < -0.4 is 5.73 Å². The quantitative estimate of drug-likeness (QED) is 0.174. The molecule has 0 aliphatic rings. The Balaban J connectivity index is 3.54.